The smallest absolute Gasteiger partial charge is 0.407 e. The highest BCUT2D eigenvalue weighted by atomic mass is 35.5. The summed E-state index contributed by atoms with van der Waals surface area (Å²) >= 11 is 6.10. The Kier molecular flexibility index (Phi) is 12.2. The van der Waals surface area contributed by atoms with Gasteiger partial charge in [-0.2, -0.15) is 0 Å². The van der Waals surface area contributed by atoms with E-state index in [-0.39, 0.29) is 23.8 Å². The lowest BCUT2D eigenvalue weighted by atomic mass is 9.95. The third kappa shape index (κ3) is 9.43. The molecule has 9 heteroatoms. The summed E-state index contributed by atoms with van der Waals surface area (Å²) in [4.78, 5) is 40.9. The first-order valence-electron chi connectivity index (χ1n) is 15.4. The van der Waals surface area contributed by atoms with Crippen molar-refractivity contribution in [3.05, 3.63) is 82.9 Å². The quantitative estimate of drug-likeness (QED) is 0.211. The summed E-state index contributed by atoms with van der Waals surface area (Å²) in [6, 6.07) is 20.8. The van der Waals surface area contributed by atoms with Crippen molar-refractivity contribution < 1.29 is 19.1 Å². The van der Waals surface area contributed by atoms with E-state index in [1.165, 1.54) is 5.56 Å². The lowest BCUT2D eigenvalue weighted by molar-refractivity contribution is -0.133. The Morgan fingerprint density at radius 2 is 1.81 bits per heavy atom. The monoisotopic (exact) mass is 606 g/mol. The summed E-state index contributed by atoms with van der Waals surface area (Å²) in [6.45, 7) is 6.43. The molecule has 1 aliphatic heterocycles. The van der Waals surface area contributed by atoms with Gasteiger partial charge in [-0.3, -0.25) is 9.59 Å². The zero-order chi connectivity index (χ0) is 30.6. The van der Waals surface area contributed by atoms with E-state index in [4.69, 9.17) is 16.3 Å². The Balaban J connectivity index is 1.41. The van der Waals surface area contributed by atoms with Crippen LogP contribution >= 0.6 is 11.6 Å². The zero-order valence-electron chi connectivity index (χ0n) is 25.1. The first-order valence-corrected chi connectivity index (χ1v) is 15.7. The van der Waals surface area contributed by atoms with Crippen molar-refractivity contribution in [3.8, 4) is 0 Å². The number of benzene rings is 3. The first kappa shape index (κ1) is 32.3. The lowest BCUT2D eigenvalue weighted by Crippen LogP contribution is -2.50. The molecule has 1 fully saturated rings. The highest BCUT2D eigenvalue weighted by Crippen LogP contribution is 2.23. The van der Waals surface area contributed by atoms with Gasteiger partial charge in [0.25, 0.3) is 5.91 Å². The van der Waals surface area contributed by atoms with E-state index < -0.39 is 12.1 Å². The van der Waals surface area contributed by atoms with E-state index >= 15 is 0 Å². The van der Waals surface area contributed by atoms with E-state index in [2.05, 4.69) is 35.0 Å². The number of hydrogen-bond acceptors (Lipinski definition) is 5. The van der Waals surface area contributed by atoms with Crippen molar-refractivity contribution in [3.63, 3.8) is 0 Å². The number of ether oxygens (including phenoxy) is 1. The third-order valence-electron chi connectivity index (χ3n) is 8.01. The largest absolute Gasteiger partial charge is 0.450 e. The normalized spacial score (nSPS) is 17.7. The van der Waals surface area contributed by atoms with Gasteiger partial charge in [-0.1, -0.05) is 74.3 Å². The number of carbonyl (C=O) groups excluding carboxylic acids is 3. The van der Waals surface area contributed by atoms with Gasteiger partial charge in [-0.05, 0) is 66.3 Å². The number of carbonyl (C=O) groups is 3. The molecule has 0 aromatic heterocycles. The lowest BCUT2D eigenvalue weighted by Gasteiger charge is -2.28. The van der Waals surface area contributed by atoms with Crippen LogP contribution in [0.4, 0.5) is 4.79 Å². The summed E-state index contributed by atoms with van der Waals surface area (Å²) < 4.78 is 5.20. The van der Waals surface area contributed by atoms with E-state index in [0.29, 0.717) is 56.2 Å². The predicted octanol–water partition coefficient (Wildman–Crippen LogP) is 5.89. The Morgan fingerprint density at radius 3 is 2.58 bits per heavy atom. The number of nitrogens with zero attached hydrogens (tertiary/aromatic N) is 1. The molecule has 3 unspecified atom stereocenters. The average molecular weight is 607 g/mol. The predicted molar refractivity (Wildman–Crippen MR) is 172 cm³/mol. The molecule has 3 atom stereocenters. The number of hydrogen-bond donors (Lipinski definition) is 3. The molecule has 8 nitrogen and oxygen atoms in total. The second kappa shape index (κ2) is 16.3. The molecule has 0 radical (unpaired) electrons. The molecule has 1 saturated heterocycles. The number of fused-ring (bicyclic) bond motifs is 1. The number of alkyl carbamates (subject to hydrolysis) is 1. The second-order valence-electron chi connectivity index (χ2n) is 11.1. The Bertz CT molecular complexity index is 1370. The molecule has 3 N–H and O–H groups in total. The van der Waals surface area contributed by atoms with Gasteiger partial charge in [0.15, 0.2) is 0 Å². The highest BCUT2D eigenvalue weighted by molar-refractivity contribution is 6.31. The van der Waals surface area contributed by atoms with E-state index in [0.717, 1.165) is 30.0 Å². The zero-order valence-corrected chi connectivity index (χ0v) is 25.9. The van der Waals surface area contributed by atoms with Crippen molar-refractivity contribution in [2.24, 2.45) is 0 Å². The van der Waals surface area contributed by atoms with Gasteiger partial charge in [0.2, 0.25) is 5.91 Å². The second-order valence-corrected chi connectivity index (χ2v) is 11.6. The summed E-state index contributed by atoms with van der Waals surface area (Å²) in [5, 5.41) is 11.9. The van der Waals surface area contributed by atoms with E-state index in [9.17, 15) is 14.4 Å². The van der Waals surface area contributed by atoms with Gasteiger partial charge in [-0.15, -0.1) is 0 Å². The summed E-state index contributed by atoms with van der Waals surface area (Å²) in [5.41, 5.74) is 1.78. The Labute approximate surface area is 259 Å². The molecule has 0 saturated carbocycles. The van der Waals surface area contributed by atoms with Crippen molar-refractivity contribution in [2.45, 2.75) is 64.0 Å². The molecule has 43 heavy (non-hydrogen) atoms. The third-order valence-corrected chi connectivity index (χ3v) is 8.24. The molecule has 1 heterocycles. The van der Waals surface area contributed by atoms with Crippen LogP contribution in [0.25, 0.3) is 10.8 Å². The first-order chi connectivity index (χ1) is 20.9. The van der Waals surface area contributed by atoms with E-state index in [1.54, 1.807) is 6.07 Å². The molecule has 1 aliphatic rings. The van der Waals surface area contributed by atoms with Gasteiger partial charge >= 0.3 is 6.09 Å². The van der Waals surface area contributed by atoms with Crippen molar-refractivity contribution >= 4 is 40.3 Å². The van der Waals surface area contributed by atoms with Crippen LogP contribution in [-0.4, -0.2) is 67.7 Å². The van der Waals surface area contributed by atoms with Crippen molar-refractivity contribution in [1.29, 1.82) is 0 Å². The van der Waals surface area contributed by atoms with Crippen LogP contribution in [0, 0.1) is 0 Å². The SMILES string of the molecule is CCCCOC(=O)NCCC1NC(CNC(=O)c2ccc3cc(Cl)ccc3c2)CCN(CC(CC)c2ccccc2)C1=O. The summed E-state index contributed by atoms with van der Waals surface area (Å²) in [7, 11) is 0. The highest BCUT2D eigenvalue weighted by Gasteiger charge is 2.32. The maximum absolute atomic E-state index is 13.8. The summed E-state index contributed by atoms with van der Waals surface area (Å²) in [6.07, 6.45) is 3.30. The molecule has 0 spiro atoms. The Hall–Kier alpha value is -3.62. The number of amides is 3. The molecule has 4 rings (SSSR count). The number of nitrogens with one attached hydrogen (secondary N) is 3. The van der Waals surface area contributed by atoms with Crippen LogP contribution in [0.3, 0.4) is 0 Å². The number of halogens is 1. The fourth-order valence-corrected chi connectivity index (χ4v) is 5.63. The van der Waals surface area contributed by atoms with Gasteiger partial charge < -0.3 is 25.6 Å². The molecule has 3 aromatic rings. The van der Waals surface area contributed by atoms with Crippen LogP contribution in [0.5, 0.6) is 0 Å². The van der Waals surface area contributed by atoms with Crippen LogP contribution in [0.2, 0.25) is 5.02 Å². The van der Waals surface area contributed by atoms with Gasteiger partial charge in [0.05, 0.1) is 12.6 Å². The molecular formula is C34H43ClN4O4. The van der Waals surface area contributed by atoms with Gasteiger partial charge in [0, 0.05) is 48.7 Å². The minimum atomic E-state index is -0.501. The molecule has 3 aromatic carbocycles. The summed E-state index contributed by atoms with van der Waals surface area (Å²) in [5.74, 6) is 0.0586. The van der Waals surface area contributed by atoms with E-state index in [1.807, 2.05) is 60.4 Å². The maximum atomic E-state index is 13.8. The van der Waals surface area contributed by atoms with Crippen LogP contribution in [0.15, 0.2) is 66.7 Å². The van der Waals surface area contributed by atoms with Crippen LogP contribution in [0.1, 0.15) is 67.8 Å². The maximum Gasteiger partial charge on any atom is 0.407 e. The van der Waals surface area contributed by atoms with Gasteiger partial charge in [0.1, 0.15) is 0 Å². The molecular weight excluding hydrogens is 564 g/mol. The van der Waals surface area contributed by atoms with Crippen LogP contribution in [-0.2, 0) is 9.53 Å². The fraction of sp³-hybridized carbons (Fsp3) is 0.441. The number of rotatable bonds is 13. The van der Waals surface area contributed by atoms with Crippen molar-refractivity contribution in [2.75, 3.05) is 32.8 Å². The molecule has 3 amide bonds. The fourth-order valence-electron chi connectivity index (χ4n) is 5.45. The van der Waals surface area contributed by atoms with Crippen molar-refractivity contribution in [1.82, 2.24) is 20.9 Å². The molecule has 0 aliphatic carbocycles. The van der Waals surface area contributed by atoms with Crippen LogP contribution < -0.4 is 16.0 Å². The molecule has 0 bridgehead atoms. The van der Waals surface area contributed by atoms with Gasteiger partial charge in [-0.25, -0.2) is 4.79 Å². The number of unbranched alkanes of at least 4 members (excludes halogenated alkanes) is 1. The minimum Gasteiger partial charge on any atom is -0.450 e. The topological polar surface area (TPSA) is 99.8 Å². The average Bonchev–Trinajstić information content (AvgIpc) is 3.16. The Morgan fingerprint density at radius 1 is 1.05 bits per heavy atom. The molecule has 230 valence electrons. The minimum absolute atomic E-state index is 0.0116. The standard InChI is InChI=1S/C34H43ClN4O4/c1-3-5-19-43-34(42)36-17-15-31-33(41)39(23-24(4-2)25-9-7-6-8-10-25)18-16-30(38-31)22-37-32(40)28-12-11-27-21-29(35)14-13-26(27)20-28/h6-14,20-21,24,30-31,38H,3-5,15-19,22-23H2,1-2H3,(H,36,42)(H,37,40).